The lowest BCUT2D eigenvalue weighted by Crippen LogP contribution is -1.93. The van der Waals surface area contributed by atoms with Crippen LogP contribution in [0, 0.1) is 6.92 Å². The van der Waals surface area contributed by atoms with Gasteiger partial charge in [-0.2, -0.15) is 0 Å². The summed E-state index contributed by atoms with van der Waals surface area (Å²) in [4.78, 5) is 12.4. The molecule has 0 radical (unpaired) electrons. The molecule has 2 heteroatoms. The quantitative estimate of drug-likeness (QED) is 0.554. The Labute approximate surface area is 89.9 Å². The molecule has 1 aromatic rings. The predicted molar refractivity (Wildman–Crippen MR) is 62.2 cm³/mol. The van der Waals surface area contributed by atoms with Gasteiger partial charge in [0.25, 0.3) is 0 Å². The molecule has 0 amide bonds. The van der Waals surface area contributed by atoms with Gasteiger partial charge in [0.05, 0.1) is 0 Å². The summed E-state index contributed by atoms with van der Waals surface area (Å²) in [6, 6.07) is 5.93. The van der Waals surface area contributed by atoms with Crippen molar-refractivity contribution in [3.63, 3.8) is 0 Å². The van der Waals surface area contributed by atoms with Crippen molar-refractivity contribution in [3.05, 3.63) is 29.3 Å². The molecule has 0 bridgehead atoms. The van der Waals surface area contributed by atoms with Crippen LogP contribution in [0.25, 0.3) is 0 Å². The number of rotatable bonds is 4. The molecule has 0 heterocycles. The van der Waals surface area contributed by atoms with E-state index in [4.69, 9.17) is 0 Å². The number of hydrogen-bond acceptors (Lipinski definition) is 2. The summed E-state index contributed by atoms with van der Waals surface area (Å²) in [5.41, 5.74) is 2.01. The maximum Gasteiger partial charge on any atom is 0.159 e. The van der Waals surface area contributed by atoms with Gasteiger partial charge in [0, 0.05) is 10.5 Å². The Morgan fingerprint density at radius 1 is 1.43 bits per heavy atom. The molecule has 0 aromatic heterocycles. The minimum Gasteiger partial charge on any atom is -0.295 e. The van der Waals surface area contributed by atoms with Gasteiger partial charge >= 0.3 is 0 Å². The van der Waals surface area contributed by atoms with E-state index in [0.29, 0.717) is 0 Å². The molecular weight excluding hydrogens is 192 g/mol. The number of carbonyl (C=O) groups excluding carboxylic acids is 1. The Kier molecular flexibility index (Phi) is 4.21. The molecular formula is C12H16OS. The molecule has 0 fully saturated rings. The topological polar surface area (TPSA) is 17.1 Å². The number of carbonyl (C=O) groups is 1. The van der Waals surface area contributed by atoms with Gasteiger partial charge in [0.1, 0.15) is 0 Å². The molecule has 0 aliphatic rings. The van der Waals surface area contributed by atoms with Crippen molar-refractivity contribution in [2.75, 3.05) is 5.75 Å². The minimum absolute atomic E-state index is 0.139. The summed E-state index contributed by atoms with van der Waals surface area (Å²) in [6.45, 7) is 5.84. The van der Waals surface area contributed by atoms with Gasteiger partial charge in [0.15, 0.2) is 5.78 Å². The van der Waals surface area contributed by atoms with Gasteiger partial charge in [0.2, 0.25) is 0 Å². The highest BCUT2D eigenvalue weighted by Gasteiger charge is 2.03. The van der Waals surface area contributed by atoms with Gasteiger partial charge in [-0.05, 0) is 43.7 Å². The SMILES string of the molecule is CCCSc1ccc(C(C)=O)cc1C. The fourth-order valence-electron chi connectivity index (χ4n) is 1.24. The van der Waals surface area contributed by atoms with E-state index in [-0.39, 0.29) is 5.78 Å². The number of aryl methyl sites for hydroxylation is 1. The van der Waals surface area contributed by atoms with E-state index in [0.717, 1.165) is 11.3 Å². The van der Waals surface area contributed by atoms with Crippen LogP contribution in [-0.2, 0) is 0 Å². The van der Waals surface area contributed by atoms with Crippen molar-refractivity contribution in [1.82, 2.24) is 0 Å². The summed E-state index contributed by atoms with van der Waals surface area (Å²) in [6.07, 6.45) is 1.18. The molecule has 1 aromatic carbocycles. The van der Waals surface area contributed by atoms with Crippen molar-refractivity contribution in [3.8, 4) is 0 Å². The molecule has 0 saturated heterocycles. The van der Waals surface area contributed by atoms with Crippen LogP contribution in [0.5, 0.6) is 0 Å². The molecule has 0 saturated carbocycles. The first-order valence-electron chi connectivity index (χ1n) is 4.89. The highest BCUT2D eigenvalue weighted by atomic mass is 32.2. The van der Waals surface area contributed by atoms with E-state index in [9.17, 15) is 4.79 Å². The summed E-state index contributed by atoms with van der Waals surface area (Å²) < 4.78 is 0. The van der Waals surface area contributed by atoms with Crippen molar-refractivity contribution >= 4 is 17.5 Å². The first kappa shape index (κ1) is 11.3. The molecule has 0 aliphatic heterocycles. The summed E-state index contributed by atoms with van der Waals surface area (Å²) >= 11 is 1.86. The number of ketones is 1. The van der Waals surface area contributed by atoms with E-state index in [1.807, 2.05) is 30.0 Å². The maximum atomic E-state index is 11.1. The third kappa shape index (κ3) is 2.88. The van der Waals surface area contributed by atoms with Gasteiger partial charge in [-0.25, -0.2) is 0 Å². The smallest absolute Gasteiger partial charge is 0.159 e. The Bertz CT molecular complexity index is 331. The van der Waals surface area contributed by atoms with Crippen LogP contribution in [0.15, 0.2) is 23.1 Å². The molecule has 0 atom stereocenters. The Morgan fingerprint density at radius 2 is 2.14 bits per heavy atom. The van der Waals surface area contributed by atoms with Crippen LogP contribution in [-0.4, -0.2) is 11.5 Å². The second-order valence-corrected chi connectivity index (χ2v) is 4.52. The Hall–Kier alpha value is -0.760. The average molecular weight is 208 g/mol. The van der Waals surface area contributed by atoms with Crippen LogP contribution in [0.3, 0.4) is 0 Å². The van der Waals surface area contributed by atoms with Crippen LogP contribution in [0.1, 0.15) is 36.2 Å². The van der Waals surface area contributed by atoms with E-state index < -0.39 is 0 Å². The van der Waals surface area contributed by atoms with Gasteiger partial charge < -0.3 is 0 Å². The summed E-state index contributed by atoms with van der Waals surface area (Å²) in [5.74, 6) is 1.28. The first-order chi connectivity index (χ1) is 6.65. The van der Waals surface area contributed by atoms with E-state index in [2.05, 4.69) is 13.8 Å². The predicted octanol–water partition coefficient (Wildman–Crippen LogP) is 3.70. The lowest BCUT2D eigenvalue weighted by Gasteiger charge is -2.05. The third-order valence-electron chi connectivity index (χ3n) is 2.04. The molecule has 14 heavy (non-hydrogen) atoms. The number of Topliss-reactive ketones (excluding diaryl/α,β-unsaturated/α-hetero) is 1. The van der Waals surface area contributed by atoms with E-state index >= 15 is 0 Å². The van der Waals surface area contributed by atoms with Crippen LogP contribution in [0.4, 0.5) is 0 Å². The molecule has 0 aliphatic carbocycles. The standard InChI is InChI=1S/C12H16OS/c1-4-7-14-12-6-5-11(10(3)13)8-9(12)2/h5-6,8H,4,7H2,1-3H3. The lowest BCUT2D eigenvalue weighted by atomic mass is 10.1. The highest BCUT2D eigenvalue weighted by molar-refractivity contribution is 7.99. The first-order valence-corrected chi connectivity index (χ1v) is 5.88. The molecule has 1 nitrogen and oxygen atoms in total. The van der Waals surface area contributed by atoms with Gasteiger partial charge in [-0.3, -0.25) is 4.79 Å². The molecule has 0 spiro atoms. The van der Waals surface area contributed by atoms with E-state index in [1.54, 1.807) is 6.92 Å². The van der Waals surface area contributed by atoms with Crippen molar-refractivity contribution in [2.24, 2.45) is 0 Å². The largest absolute Gasteiger partial charge is 0.295 e. The zero-order valence-corrected chi connectivity index (χ0v) is 9.78. The Morgan fingerprint density at radius 3 is 2.64 bits per heavy atom. The fourth-order valence-corrected chi connectivity index (χ4v) is 2.12. The number of thioether (sulfide) groups is 1. The van der Waals surface area contributed by atoms with Crippen molar-refractivity contribution < 1.29 is 4.79 Å². The zero-order chi connectivity index (χ0) is 10.6. The molecule has 0 unspecified atom stereocenters. The monoisotopic (exact) mass is 208 g/mol. The van der Waals surface area contributed by atoms with Gasteiger partial charge in [-0.15, -0.1) is 11.8 Å². The van der Waals surface area contributed by atoms with E-state index in [1.165, 1.54) is 16.9 Å². The maximum absolute atomic E-state index is 11.1. The number of hydrogen-bond donors (Lipinski definition) is 0. The second kappa shape index (κ2) is 5.20. The number of benzene rings is 1. The average Bonchev–Trinajstić information content (AvgIpc) is 2.15. The van der Waals surface area contributed by atoms with Crippen LogP contribution < -0.4 is 0 Å². The second-order valence-electron chi connectivity index (χ2n) is 3.38. The van der Waals surface area contributed by atoms with Gasteiger partial charge in [-0.1, -0.05) is 13.0 Å². The molecule has 1 rings (SSSR count). The van der Waals surface area contributed by atoms with Crippen molar-refractivity contribution in [2.45, 2.75) is 32.1 Å². The minimum atomic E-state index is 0.139. The van der Waals surface area contributed by atoms with Crippen molar-refractivity contribution in [1.29, 1.82) is 0 Å². The van der Waals surface area contributed by atoms with Crippen LogP contribution >= 0.6 is 11.8 Å². The van der Waals surface area contributed by atoms with Crippen LogP contribution in [0.2, 0.25) is 0 Å². The lowest BCUT2D eigenvalue weighted by molar-refractivity contribution is 0.101. The summed E-state index contributed by atoms with van der Waals surface area (Å²) in [7, 11) is 0. The highest BCUT2D eigenvalue weighted by Crippen LogP contribution is 2.23. The zero-order valence-electron chi connectivity index (χ0n) is 8.96. The fraction of sp³-hybridized carbons (Fsp3) is 0.417. The molecule has 0 N–H and O–H groups in total. The summed E-state index contributed by atoms with van der Waals surface area (Å²) in [5, 5.41) is 0. The third-order valence-corrected chi connectivity index (χ3v) is 3.42. The Balaban J connectivity index is 2.84. The normalized spacial score (nSPS) is 10.2. The molecule has 76 valence electrons.